The van der Waals surface area contributed by atoms with Crippen molar-refractivity contribution in [3.8, 4) is 0 Å². The number of carbonyl (C=O) groups excluding carboxylic acids is 1. The molecule has 1 aliphatic heterocycles. The van der Waals surface area contributed by atoms with Crippen molar-refractivity contribution in [3.63, 3.8) is 0 Å². The summed E-state index contributed by atoms with van der Waals surface area (Å²) in [6.07, 6.45) is 4.89. The molecule has 0 spiro atoms. The Kier molecular flexibility index (Phi) is 5.20. The Morgan fingerprint density at radius 1 is 1.04 bits per heavy atom. The molecule has 1 aromatic rings. The highest BCUT2D eigenvalue weighted by molar-refractivity contribution is 7.89. The van der Waals surface area contributed by atoms with E-state index in [0.29, 0.717) is 48.9 Å². The van der Waals surface area contributed by atoms with Gasteiger partial charge >= 0.3 is 0 Å². The zero-order chi connectivity index (χ0) is 18.2. The van der Waals surface area contributed by atoms with E-state index in [4.69, 9.17) is 0 Å². The van der Waals surface area contributed by atoms with Crippen molar-refractivity contribution < 1.29 is 13.2 Å². The van der Waals surface area contributed by atoms with Crippen LogP contribution in [0, 0.1) is 19.8 Å². The lowest BCUT2D eigenvalue weighted by Gasteiger charge is -2.24. The molecule has 0 aromatic carbocycles. The van der Waals surface area contributed by atoms with Gasteiger partial charge in [-0.25, -0.2) is 8.42 Å². The quantitative estimate of drug-likeness (QED) is 0.809. The summed E-state index contributed by atoms with van der Waals surface area (Å²) in [5.74, 6) is 0.358. The van der Waals surface area contributed by atoms with Crippen LogP contribution in [0.2, 0.25) is 0 Å². The first-order chi connectivity index (χ1) is 11.8. The highest BCUT2D eigenvalue weighted by Gasteiger charge is 2.34. The van der Waals surface area contributed by atoms with Crippen LogP contribution in [0.15, 0.2) is 4.90 Å². The van der Waals surface area contributed by atoms with Crippen LogP contribution in [0.4, 0.5) is 0 Å². The minimum absolute atomic E-state index is 0.144. The summed E-state index contributed by atoms with van der Waals surface area (Å²) < 4.78 is 29.3. The second-order valence-corrected chi connectivity index (χ2v) is 9.06. The fourth-order valence-electron chi connectivity index (χ4n) is 4.04. The van der Waals surface area contributed by atoms with Crippen molar-refractivity contribution in [3.05, 3.63) is 11.4 Å². The van der Waals surface area contributed by atoms with Gasteiger partial charge in [0, 0.05) is 39.1 Å². The number of nitrogens with zero attached hydrogens (tertiary/aromatic N) is 4. The molecule has 1 saturated heterocycles. The van der Waals surface area contributed by atoms with Gasteiger partial charge < -0.3 is 4.90 Å². The fourth-order valence-corrected chi connectivity index (χ4v) is 5.91. The van der Waals surface area contributed by atoms with Crippen LogP contribution in [0.5, 0.6) is 0 Å². The van der Waals surface area contributed by atoms with Gasteiger partial charge in [-0.3, -0.25) is 9.48 Å². The van der Waals surface area contributed by atoms with Crippen LogP contribution in [-0.2, 0) is 21.9 Å². The van der Waals surface area contributed by atoms with Crippen molar-refractivity contribution in [2.75, 3.05) is 26.2 Å². The summed E-state index contributed by atoms with van der Waals surface area (Å²) in [4.78, 5) is 14.8. The van der Waals surface area contributed by atoms with E-state index in [1.54, 1.807) is 25.6 Å². The van der Waals surface area contributed by atoms with E-state index in [-0.39, 0.29) is 11.8 Å². The minimum Gasteiger partial charge on any atom is -0.341 e. The van der Waals surface area contributed by atoms with Gasteiger partial charge in [0.2, 0.25) is 15.9 Å². The summed E-state index contributed by atoms with van der Waals surface area (Å²) in [5, 5.41) is 4.24. The number of carbonyl (C=O) groups is 1. The molecule has 1 aliphatic carbocycles. The van der Waals surface area contributed by atoms with E-state index in [9.17, 15) is 13.2 Å². The molecule has 0 N–H and O–H groups in total. The van der Waals surface area contributed by atoms with E-state index >= 15 is 0 Å². The van der Waals surface area contributed by atoms with Crippen LogP contribution in [0.1, 0.15) is 43.5 Å². The van der Waals surface area contributed by atoms with Gasteiger partial charge in [-0.1, -0.05) is 12.8 Å². The standard InChI is InChI=1S/C17H28N4O3S/c1-13-16(14(2)19(3)18-13)25(23,24)21-10-6-9-20(11-12-21)17(22)15-7-4-5-8-15/h15H,4-12H2,1-3H3. The number of rotatable bonds is 3. The third kappa shape index (κ3) is 3.46. The molecule has 8 heteroatoms. The monoisotopic (exact) mass is 368 g/mol. The van der Waals surface area contributed by atoms with Crippen molar-refractivity contribution >= 4 is 15.9 Å². The molecule has 2 heterocycles. The Balaban J connectivity index is 1.75. The number of amides is 1. The molecule has 2 fully saturated rings. The van der Waals surface area contributed by atoms with Gasteiger partial charge in [0.05, 0.1) is 11.4 Å². The average Bonchev–Trinajstić information content (AvgIpc) is 3.08. The molecule has 1 amide bonds. The molecular formula is C17H28N4O3S. The lowest BCUT2D eigenvalue weighted by atomic mass is 10.1. The van der Waals surface area contributed by atoms with Crippen LogP contribution in [0.25, 0.3) is 0 Å². The lowest BCUT2D eigenvalue weighted by molar-refractivity contribution is -0.135. The minimum atomic E-state index is -3.58. The van der Waals surface area contributed by atoms with Crippen LogP contribution in [0.3, 0.4) is 0 Å². The van der Waals surface area contributed by atoms with Gasteiger partial charge in [-0.15, -0.1) is 0 Å². The Labute approximate surface area is 150 Å². The van der Waals surface area contributed by atoms with Gasteiger partial charge in [0.1, 0.15) is 4.90 Å². The summed E-state index contributed by atoms with van der Waals surface area (Å²) in [5.41, 5.74) is 1.18. The van der Waals surface area contributed by atoms with Crippen LogP contribution >= 0.6 is 0 Å². The fraction of sp³-hybridized carbons (Fsp3) is 0.765. The normalized spacial score (nSPS) is 20.8. The number of aromatic nitrogens is 2. The highest BCUT2D eigenvalue weighted by Crippen LogP contribution is 2.28. The molecule has 2 aliphatic rings. The molecule has 3 rings (SSSR count). The summed E-state index contributed by atoms with van der Waals surface area (Å²) in [7, 11) is -1.83. The van der Waals surface area contributed by atoms with Crippen molar-refractivity contribution in [2.45, 2.75) is 50.8 Å². The van der Waals surface area contributed by atoms with Gasteiger partial charge in [-0.05, 0) is 33.1 Å². The van der Waals surface area contributed by atoms with Crippen molar-refractivity contribution in [1.82, 2.24) is 19.0 Å². The SMILES string of the molecule is Cc1nn(C)c(C)c1S(=O)(=O)N1CCCN(C(=O)C2CCCC2)CC1. The molecular weight excluding hydrogens is 340 g/mol. The van der Waals surface area contributed by atoms with Crippen molar-refractivity contribution in [2.24, 2.45) is 13.0 Å². The maximum atomic E-state index is 13.1. The van der Waals surface area contributed by atoms with Gasteiger partial charge in [0.25, 0.3) is 0 Å². The number of aryl methyl sites for hydroxylation is 2. The lowest BCUT2D eigenvalue weighted by Crippen LogP contribution is -2.39. The largest absolute Gasteiger partial charge is 0.341 e. The first-order valence-corrected chi connectivity index (χ1v) is 10.6. The zero-order valence-electron chi connectivity index (χ0n) is 15.4. The predicted octanol–water partition coefficient (Wildman–Crippen LogP) is 1.45. The van der Waals surface area contributed by atoms with Crippen molar-refractivity contribution in [1.29, 1.82) is 0 Å². The smallest absolute Gasteiger partial charge is 0.246 e. The molecule has 0 atom stereocenters. The third-order valence-electron chi connectivity index (χ3n) is 5.51. The second kappa shape index (κ2) is 7.07. The van der Waals surface area contributed by atoms with Crippen LogP contribution in [-0.4, -0.2) is 59.5 Å². The molecule has 140 valence electrons. The topological polar surface area (TPSA) is 75.5 Å². The molecule has 0 unspecified atom stereocenters. The Morgan fingerprint density at radius 3 is 2.32 bits per heavy atom. The number of sulfonamides is 1. The zero-order valence-corrected chi connectivity index (χ0v) is 16.2. The molecule has 0 radical (unpaired) electrons. The second-order valence-electron chi connectivity index (χ2n) is 7.19. The first kappa shape index (κ1) is 18.4. The molecule has 1 aromatic heterocycles. The maximum absolute atomic E-state index is 13.1. The van der Waals surface area contributed by atoms with Crippen LogP contribution < -0.4 is 0 Å². The molecule has 0 bridgehead atoms. The first-order valence-electron chi connectivity index (χ1n) is 9.11. The Morgan fingerprint density at radius 2 is 1.72 bits per heavy atom. The Hall–Kier alpha value is -1.41. The van der Waals surface area contributed by atoms with E-state index < -0.39 is 10.0 Å². The van der Waals surface area contributed by atoms with E-state index in [0.717, 1.165) is 25.7 Å². The summed E-state index contributed by atoms with van der Waals surface area (Å²) in [6, 6.07) is 0. The molecule has 25 heavy (non-hydrogen) atoms. The number of hydrogen-bond donors (Lipinski definition) is 0. The number of hydrogen-bond acceptors (Lipinski definition) is 4. The van der Waals surface area contributed by atoms with E-state index in [2.05, 4.69) is 5.10 Å². The molecule has 7 nitrogen and oxygen atoms in total. The highest BCUT2D eigenvalue weighted by atomic mass is 32.2. The van der Waals surface area contributed by atoms with E-state index in [1.165, 1.54) is 4.31 Å². The summed E-state index contributed by atoms with van der Waals surface area (Å²) in [6.45, 7) is 5.44. The molecule has 1 saturated carbocycles. The van der Waals surface area contributed by atoms with Gasteiger partial charge in [0.15, 0.2) is 0 Å². The maximum Gasteiger partial charge on any atom is 0.246 e. The van der Waals surface area contributed by atoms with Gasteiger partial charge in [-0.2, -0.15) is 9.40 Å². The predicted molar refractivity (Wildman–Crippen MR) is 94.6 cm³/mol. The van der Waals surface area contributed by atoms with E-state index in [1.807, 2.05) is 4.90 Å². The Bertz CT molecular complexity index is 750. The summed E-state index contributed by atoms with van der Waals surface area (Å²) >= 11 is 0. The third-order valence-corrected chi connectivity index (χ3v) is 7.66. The average molecular weight is 369 g/mol.